The zero-order chi connectivity index (χ0) is 44.2. The van der Waals surface area contributed by atoms with E-state index in [9.17, 15) is 5.11 Å². The van der Waals surface area contributed by atoms with Crippen LogP contribution in [0.5, 0.6) is 5.75 Å². The average molecular weight is 1030 g/mol. The fourth-order valence-electron chi connectivity index (χ4n) is 9.31. The van der Waals surface area contributed by atoms with Gasteiger partial charge in [0, 0.05) is 38.5 Å². The van der Waals surface area contributed by atoms with Crippen LogP contribution in [0.4, 0.5) is 0 Å². The number of pyridine rings is 1. The van der Waals surface area contributed by atoms with Crippen LogP contribution in [-0.2, 0) is 44.7 Å². The predicted molar refractivity (Wildman–Crippen MR) is 266 cm³/mol. The van der Waals surface area contributed by atoms with Crippen molar-refractivity contribution in [2.75, 3.05) is 0 Å². The van der Waals surface area contributed by atoms with Crippen LogP contribution in [0.15, 0.2) is 164 Å². The summed E-state index contributed by atoms with van der Waals surface area (Å²) in [6.07, 6.45) is 5.96. The normalized spacial score (nSPS) is 12.8. The topological polar surface area (TPSA) is 50.9 Å². The van der Waals surface area contributed by atoms with Crippen molar-refractivity contribution in [3.8, 4) is 78.6 Å². The molecule has 0 unspecified atom stereocenters. The second-order valence-corrected chi connectivity index (χ2v) is 19.4. The van der Waals surface area contributed by atoms with Crippen molar-refractivity contribution < 1.29 is 26.2 Å². The SMILES string of the molecule is CC(C)(C)c1cc(-c2cc(-c3ccc(-c4ccccc4)cc3)ccn2)[c-]c(-c2cccc3c2nc(-c2ccc4c(c2O)CCCC4)n3-c2ccc(C(C)(C)C)cc2-c2ccccc2)c1.[Pt]. The number of benzene rings is 7. The molecule has 0 atom stereocenters. The number of imidazole rings is 1. The number of hydrogen-bond acceptors (Lipinski definition) is 3. The molecule has 0 amide bonds. The first kappa shape index (κ1) is 43.9. The third-order valence-electron chi connectivity index (χ3n) is 13.0. The zero-order valence-electron chi connectivity index (χ0n) is 38.0. The van der Waals surface area contributed by atoms with Gasteiger partial charge in [0.15, 0.2) is 0 Å². The van der Waals surface area contributed by atoms with Crippen LogP contribution in [-0.4, -0.2) is 19.6 Å². The second-order valence-electron chi connectivity index (χ2n) is 19.4. The summed E-state index contributed by atoms with van der Waals surface area (Å²) in [7, 11) is 0. The third kappa shape index (κ3) is 8.53. The summed E-state index contributed by atoms with van der Waals surface area (Å²) in [6.45, 7) is 13.6. The first-order chi connectivity index (χ1) is 30.9. The fraction of sp³-hybridized carbons (Fsp3) is 0.200. The minimum absolute atomic E-state index is 0. The number of phenolic OH excluding ortho intramolecular Hbond substituents is 1. The summed E-state index contributed by atoms with van der Waals surface area (Å²) in [6, 6.07) is 60.1. The molecule has 1 aliphatic carbocycles. The fourth-order valence-corrected chi connectivity index (χ4v) is 9.31. The largest absolute Gasteiger partial charge is 0.507 e. The molecule has 0 fully saturated rings. The molecular formula is C60H54N3OPt-. The molecule has 9 aromatic rings. The Morgan fingerprint density at radius 3 is 1.89 bits per heavy atom. The third-order valence-corrected chi connectivity index (χ3v) is 13.0. The van der Waals surface area contributed by atoms with Crippen molar-refractivity contribution in [1.29, 1.82) is 0 Å². The van der Waals surface area contributed by atoms with Crippen LogP contribution in [0.2, 0.25) is 0 Å². The number of nitrogens with zero attached hydrogens (tertiary/aromatic N) is 3. The van der Waals surface area contributed by atoms with Crippen LogP contribution in [0.1, 0.15) is 76.6 Å². The van der Waals surface area contributed by atoms with Gasteiger partial charge in [-0.15, -0.1) is 29.3 Å². The molecular weight excluding hydrogens is 974 g/mol. The number of rotatable bonds is 7. The number of aromatic nitrogens is 3. The molecule has 1 N–H and O–H groups in total. The number of fused-ring (bicyclic) bond motifs is 2. The Morgan fingerprint density at radius 2 is 1.18 bits per heavy atom. The Kier molecular flexibility index (Phi) is 11.9. The summed E-state index contributed by atoms with van der Waals surface area (Å²) in [5.74, 6) is 1.06. The molecule has 1 aliphatic rings. The monoisotopic (exact) mass is 1030 g/mol. The maximum atomic E-state index is 12.2. The Labute approximate surface area is 398 Å². The Bertz CT molecular complexity index is 3170. The summed E-state index contributed by atoms with van der Waals surface area (Å²) in [5.41, 5.74) is 18.6. The molecule has 0 aliphatic heterocycles. The summed E-state index contributed by atoms with van der Waals surface area (Å²) in [4.78, 5) is 10.5. The Hall–Kier alpha value is -6.35. The molecule has 2 aromatic heterocycles. The number of hydrogen-bond donors (Lipinski definition) is 1. The van der Waals surface area contributed by atoms with Gasteiger partial charge in [-0.25, -0.2) is 4.98 Å². The van der Waals surface area contributed by atoms with E-state index in [4.69, 9.17) is 9.97 Å². The van der Waals surface area contributed by atoms with E-state index in [1.54, 1.807) is 0 Å². The summed E-state index contributed by atoms with van der Waals surface area (Å²) >= 11 is 0. The van der Waals surface area contributed by atoms with Gasteiger partial charge in [-0.3, -0.25) is 9.55 Å². The zero-order valence-corrected chi connectivity index (χ0v) is 40.3. The van der Waals surface area contributed by atoms with E-state index in [2.05, 4.69) is 204 Å². The molecule has 5 heteroatoms. The van der Waals surface area contributed by atoms with Crippen molar-refractivity contribution in [3.63, 3.8) is 0 Å². The Morgan fingerprint density at radius 1 is 0.538 bits per heavy atom. The quantitative estimate of drug-likeness (QED) is 0.162. The van der Waals surface area contributed by atoms with Crippen LogP contribution in [0.25, 0.3) is 83.9 Å². The molecule has 2 heterocycles. The van der Waals surface area contributed by atoms with Crippen LogP contribution < -0.4 is 0 Å². The Balaban J connectivity index is 0.00000533. The van der Waals surface area contributed by atoms with Gasteiger partial charge in [-0.05, 0) is 111 Å². The standard InChI is InChI=1S/C60H54N3O.Pt/c1-59(2,3)47-29-31-54(52(38-47)42-18-11-8-12-19-42)63-55-23-15-22-49(56(55)62-58(63)51-30-28-43-20-13-14-21-50(43)57(51)64)45-34-46(36-48(35-45)60(4,5)6)53-37-44(32-33-61-53)41-26-24-40(25-27-41)39-16-9-7-10-17-39;/h7-12,15-19,22-33,35-38,64H,13-14,20-21H2,1-6H3;/q-1;. The van der Waals surface area contributed by atoms with Gasteiger partial charge >= 0.3 is 0 Å². The average Bonchev–Trinajstić information content (AvgIpc) is 3.71. The van der Waals surface area contributed by atoms with Crippen LogP contribution >= 0.6 is 0 Å². The molecule has 65 heavy (non-hydrogen) atoms. The van der Waals surface area contributed by atoms with Gasteiger partial charge in [0.1, 0.15) is 11.6 Å². The molecule has 0 spiro atoms. The molecule has 10 rings (SSSR count). The van der Waals surface area contributed by atoms with E-state index in [1.165, 1.54) is 27.8 Å². The van der Waals surface area contributed by atoms with Crippen LogP contribution in [0.3, 0.4) is 0 Å². The first-order valence-electron chi connectivity index (χ1n) is 22.7. The van der Waals surface area contributed by atoms with E-state index in [-0.39, 0.29) is 31.9 Å². The summed E-state index contributed by atoms with van der Waals surface area (Å²) < 4.78 is 2.28. The van der Waals surface area contributed by atoms with E-state index >= 15 is 0 Å². The minimum Gasteiger partial charge on any atom is -0.507 e. The van der Waals surface area contributed by atoms with Crippen molar-refractivity contribution in [2.24, 2.45) is 0 Å². The van der Waals surface area contributed by atoms with Gasteiger partial charge < -0.3 is 5.11 Å². The van der Waals surface area contributed by atoms with E-state index in [0.29, 0.717) is 11.6 Å². The predicted octanol–water partition coefficient (Wildman–Crippen LogP) is 15.4. The maximum absolute atomic E-state index is 12.2. The van der Waals surface area contributed by atoms with Crippen molar-refractivity contribution in [1.82, 2.24) is 14.5 Å². The van der Waals surface area contributed by atoms with E-state index in [1.807, 2.05) is 12.3 Å². The van der Waals surface area contributed by atoms with Gasteiger partial charge in [0.2, 0.25) is 0 Å². The maximum Gasteiger partial charge on any atom is 0.148 e. The number of para-hydroxylation sites is 1. The molecule has 4 nitrogen and oxygen atoms in total. The number of aromatic hydroxyl groups is 1. The van der Waals surface area contributed by atoms with E-state index in [0.717, 1.165) is 98.2 Å². The molecule has 0 saturated carbocycles. The molecule has 0 radical (unpaired) electrons. The molecule has 0 bridgehead atoms. The van der Waals surface area contributed by atoms with Crippen molar-refractivity contribution >= 4 is 11.0 Å². The van der Waals surface area contributed by atoms with Crippen molar-refractivity contribution in [2.45, 2.75) is 78.1 Å². The molecule has 326 valence electrons. The number of aryl methyl sites for hydroxylation is 1. The second kappa shape index (κ2) is 17.6. The summed E-state index contributed by atoms with van der Waals surface area (Å²) in [5, 5.41) is 12.2. The number of phenols is 1. The van der Waals surface area contributed by atoms with Crippen LogP contribution in [0, 0.1) is 6.07 Å². The van der Waals surface area contributed by atoms with Gasteiger partial charge in [0.05, 0.1) is 22.3 Å². The molecule has 7 aromatic carbocycles. The first-order valence-corrected chi connectivity index (χ1v) is 22.7. The van der Waals surface area contributed by atoms with Gasteiger partial charge in [-0.1, -0.05) is 168 Å². The van der Waals surface area contributed by atoms with E-state index < -0.39 is 0 Å². The molecule has 0 saturated heterocycles. The minimum atomic E-state index is -0.157. The smallest absolute Gasteiger partial charge is 0.148 e. The van der Waals surface area contributed by atoms with Crippen molar-refractivity contribution in [3.05, 3.63) is 192 Å². The van der Waals surface area contributed by atoms with Gasteiger partial charge in [0.25, 0.3) is 0 Å². The van der Waals surface area contributed by atoms with Gasteiger partial charge in [-0.2, -0.15) is 0 Å².